The van der Waals surface area contributed by atoms with Crippen molar-refractivity contribution in [1.29, 1.82) is 0 Å². The Bertz CT molecular complexity index is 1570. The Morgan fingerprint density at radius 1 is 1.24 bits per heavy atom. The summed E-state index contributed by atoms with van der Waals surface area (Å²) in [4.78, 5) is 4.91. The standard InChI is InChI=1S/C23H21ClN8S/c1-13-20-17(9-19(14-7-8-14)26-22(20)30(2)29-13)21-27-28-23(33)32(21)16-10-25-31(12-16)11-15-5-3-4-6-18(15)24/h3-6,9-10,12,14H,7-8,11H2,1-2H3,(H,28,33). The van der Waals surface area contributed by atoms with Crippen molar-refractivity contribution in [2.75, 3.05) is 0 Å². The highest BCUT2D eigenvalue weighted by Gasteiger charge is 2.28. The van der Waals surface area contributed by atoms with E-state index in [2.05, 4.69) is 26.5 Å². The van der Waals surface area contributed by atoms with E-state index in [1.165, 1.54) is 0 Å². The van der Waals surface area contributed by atoms with Crippen molar-refractivity contribution in [1.82, 2.24) is 39.3 Å². The average molecular weight is 477 g/mol. The summed E-state index contributed by atoms with van der Waals surface area (Å²) in [5.41, 5.74) is 5.65. The lowest BCUT2D eigenvalue weighted by atomic mass is 10.1. The second kappa shape index (κ2) is 7.64. The first-order valence-electron chi connectivity index (χ1n) is 10.8. The van der Waals surface area contributed by atoms with Crippen LogP contribution in [0.1, 0.15) is 35.7 Å². The third kappa shape index (κ3) is 3.48. The highest BCUT2D eigenvalue weighted by molar-refractivity contribution is 7.71. The molecule has 4 heterocycles. The predicted molar refractivity (Wildman–Crippen MR) is 129 cm³/mol. The van der Waals surface area contributed by atoms with Crippen LogP contribution in [0.5, 0.6) is 0 Å². The van der Waals surface area contributed by atoms with E-state index in [0.717, 1.165) is 57.9 Å². The van der Waals surface area contributed by atoms with Crippen LogP contribution in [0.25, 0.3) is 28.1 Å². The van der Waals surface area contributed by atoms with Gasteiger partial charge in [-0.25, -0.2) is 4.98 Å². The summed E-state index contributed by atoms with van der Waals surface area (Å²) in [5, 5.41) is 18.4. The largest absolute Gasteiger partial charge is 0.266 e. The molecule has 1 saturated carbocycles. The third-order valence-corrected chi connectivity index (χ3v) is 6.71. The molecule has 166 valence electrons. The first-order chi connectivity index (χ1) is 16.0. The summed E-state index contributed by atoms with van der Waals surface area (Å²) < 4.78 is 6.11. The Morgan fingerprint density at radius 2 is 2.06 bits per heavy atom. The molecule has 1 aliphatic carbocycles. The SMILES string of the molecule is Cc1nn(C)c2nc(C3CC3)cc(-c3n[nH]c(=S)n3-c3cnn(Cc4ccccc4Cl)c3)c12. The van der Waals surface area contributed by atoms with Crippen LogP contribution >= 0.6 is 23.8 Å². The zero-order valence-electron chi connectivity index (χ0n) is 18.2. The number of pyridine rings is 1. The monoisotopic (exact) mass is 476 g/mol. The Morgan fingerprint density at radius 3 is 2.85 bits per heavy atom. The fourth-order valence-electron chi connectivity index (χ4n) is 4.30. The fourth-order valence-corrected chi connectivity index (χ4v) is 4.73. The number of nitrogens with one attached hydrogen (secondary N) is 1. The smallest absolute Gasteiger partial charge is 0.200 e. The molecule has 4 aromatic heterocycles. The molecular weight excluding hydrogens is 456 g/mol. The fraction of sp³-hybridized carbons (Fsp3) is 0.261. The maximum Gasteiger partial charge on any atom is 0.200 e. The van der Waals surface area contributed by atoms with Gasteiger partial charge in [0.1, 0.15) is 0 Å². The van der Waals surface area contributed by atoms with E-state index in [9.17, 15) is 0 Å². The van der Waals surface area contributed by atoms with Crippen molar-refractivity contribution in [2.24, 2.45) is 7.05 Å². The van der Waals surface area contributed by atoms with Crippen LogP contribution in [0.4, 0.5) is 0 Å². The summed E-state index contributed by atoms with van der Waals surface area (Å²) in [6.07, 6.45) is 6.07. The van der Waals surface area contributed by atoms with Crippen molar-refractivity contribution in [3.63, 3.8) is 0 Å². The second-order valence-corrected chi connectivity index (χ2v) is 9.25. The second-order valence-electron chi connectivity index (χ2n) is 8.45. The molecule has 1 aliphatic rings. The van der Waals surface area contributed by atoms with Gasteiger partial charge in [0, 0.05) is 35.4 Å². The molecule has 0 atom stereocenters. The Labute approximate surface area is 199 Å². The van der Waals surface area contributed by atoms with Gasteiger partial charge >= 0.3 is 0 Å². The quantitative estimate of drug-likeness (QED) is 0.362. The number of aryl methyl sites for hydroxylation is 2. The van der Waals surface area contributed by atoms with Gasteiger partial charge in [0.05, 0.1) is 29.5 Å². The molecule has 5 aromatic rings. The highest BCUT2D eigenvalue weighted by atomic mass is 35.5. The third-order valence-electron chi connectivity index (χ3n) is 6.07. The zero-order valence-corrected chi connectivity index (χ0v) is 19.7. The molecule has 0 aliphatic heterocycles. The van der Waals surface area contributed by atoms with Gasteiger partial charge < -0.3 is 0 Å². The molecule has 0 spiro atoms. The van der Waals surface area contributed by atoms with Gasteiger partial charge in [0.2, 0.25) is 0 Å². The molecular formula is C23H21ClN8S. The number of hydrogen-bond donors (Lipinski definition) is 1. The number of hydrogen-bond acceptors (Lipinski definition) is 5. The molecule has 0 unspecified atom stereocenters. The van der Waals surface area contributed by atoms with Crippen molar-refractivity contribution >= 4 is 34.9 Å². The van der Waals surface area contributed by atoms with E-state index in [1.807, 2.05) is 58.4 Å². The average Bonchev–Trinajstić information content (AvgIpc) is 3.34. The summed E-state index contributed by atoms with van der Waals surface area (Å²) in [6.45, 7) is 2.56. The molecule has 6 rings (SSSR count). The minimum atomic E-state index is 0.497. The Hall–Kier alpha value is -3.30. The van der Waals surface area contributed by atoms with Gasteiger partial charge in [0.15, 0.2) is 16.2 Å². The predicted octanol–water partition coefficient (Wildman–Crippen LogP) is 4.96. The maximum atomic E-state index is 6.34. The first kappa shape index (κ1) is 20.3. The summed E-state index contributed by atoms with van der Waals surface area (Å²) in [5.74, 6) is 1.22. The number of H-pyrrole nitrogens is 1. The van der Waals surface area contributed by atoms with Gasteiger partial charge in [-0.2, -0.15) is 15.3 Å². The molecule has 33 heavy (non-hydrogen) atoms. The van der Waals surface area contributed by atoms with Gasteiger partial charge in [-0.05, 0) is 49.7 Å². The van der Waals surface area contributed by atoms with E-state index in [-0.39, 0.29) is 0 Å². The molecule has 8 nitrogen and oxygen atoms in total. The van der Waals surface area contributed by atoms with Crippen LogP contribution in [-0.4, -0.2) is 39.3 Å². The van der Waals surface area contributed by atoms with Crippen molar-refractivity contribution < 1.29 is 0 Å². The van der Waals surface area contributed by atoms with Crippen LogP contribution in [-0.2, 0) is 13.6 Å². The number of aromatic amines is 1. The zero-order chi connectivity index (χ0) is 22.7. The topological polar surface area (TPSA) is 82.1 Å². The van der Waals surface area contributed by atoms with E-state index in [4.69, 9.17) is 28.8 Å². The lowest BCUT2D eigenvalue weighted by Crippen LogP contribution is -2.02. The van der Waals surface area contributed by atoms with Crippen molar-refractivity contribution in [3.05, 3.63) is 69.5 Å². The maximum absolute atomic E-state index is 6.34. The number of halogens is 1. The molecule has 1 aromatic carbocycles. The lowest BCUT2D eigenvalue weighted by Gasteiger charge is -2.09. The minimum absolute atomic E-state index is 0.497. The Kier molecular flexibility index (Phi) is 4.70. The molecule has 0 amide bonds. The molecule has 1 N–H and O–H groups in total. The number of nitrogens with zero attached hydrogens (tertiary/aromatic N) is 7. The molecule has 0 bridgehead atoms. The Balaban J connectivity index is 1.48. The van der Waals surface area contributed by atoms with Gasteiger partial charge in [0.25, 0.3) is 0 Å². The minimum Gasteiger partial charge on any atom is -0.266 e. The molecule has 10 heteroatoms. The van der Waals surface area contributed by atoms with Crippen LogP contribution in [0, 0.1) is 11.7 Å². The van der Waals surface area contributed by atoms with E-state index < -0.39 is 0 Å². The van der Waals surface area contributed by atoms with E-state index in [1.54, 1.807) is 6.20 Å². The van der Waals surface area contributed by atoms with Gasteiger partial charge in [-0.1, -0.05) is 29.8 Å². The van der Waals surface area contributed by atoms with Gasteiger partial charge in [-0.15, -0.1) is 0 Å². The molecule has 0 saturated heterocycles. The van der Waals surface area contributed by atoms with Crippen molar-refractivity contribution in [2.45, 2.75) is 32.2 Å². The van der Waals surface area contributed by atoms with E-state index >= 15 is 0 Å². The van der Waals surface area contributed by atoms with Crippen molar-refractivity contribution in [3.8, 4) is 17.1 Å². The van der Waals surface area contributed by atoms with Crippen LogP contribution < -0.4 is 0 Å². The number of aromatic nitrogens is 8. The normalized spacial score (nSPS) is 13.8. The number of benzene rings is 1. The summed E-state index contributed by atoms with van der Waals surface area (Å²) >= 11 is 12.0. The number of rotatable bonds is 5. The van der Waals surface area contributed by atoms with Crippen LogP contribution in [0.15, 0.2) is 42.7 Å². The first-order valence-corrected chi connectivity index (χ1v) is 11.6. The van der Waals surface area contributed by atoms with Crippen LogP contribution in [0.2, 0.25) is 5.02 Å². The lowest BCUT2D eigenvalue weighted by molar-refractivity contribution is 0.686. The van der Waals surface area contributed by atoms with Crippen LogP contribution in [0.3, 0.4) is 0 Å². The molecule has 0 radical (unpaired) electrons. The highest BCUT2D eigenvalue weighted by Crippen LogP contribution is 2.42. The molecule has 1 fully saturated rings. The van der Waals surface area contributed by atoms with E-state index in [0.29, 0.717) is 22.3 Å². The summed E-state index contributed by atoms with van der Waals surface area (Å²) in [6, 6.07) is 9.91. The summed E-state index contributed by atoms with van der Waals surface area (Å²) in [7, 11) is 1.93. The van der Waals surface area contributed by atoms with Gasteiger partial charge in [-0.3, -0.25) is 19.0 Å². The number of fused-ring (bicyclic) bond motifs is 1.